The molecule has 3 rings (SSSR count). The Balaban J connectivity index is 1.79. The van der Waals surface area contributed by atoms with Crippen molar-refractivity contribution in [3.05, 3.63) is 65.7 Å². The van der Waals surface area contributed by atoms with Crippen LogP contribution in [0, 0.1) is 5.92 Å². The third-order valence-electron chi connectivity index (χ3n) is 7.29. The van der Waals surface area contributed by atoms with Gasteiger partial charge in [-0.05, 0) is 70.2 Å². The monoisotopic (exact) mass is 593 g/mol. The van der Waals surface area contributed by atoms with Crippen LogP contribution >= 0.6 is 0 Å². The molecule has 9 heteroatoms. The molecule has 1 saturated heterocycles. The fraction of sp³-hybridized carbons (Fsp3) is 0.529. The Bertz CT molecular complexity index is 1240. The third-order valence-corrected chi connectivity index (χ3v) is 7.29. The molecule has 0 aliphatic carbocycles. The predicted molar refractivity (Wildman–Crippen MR) is 166 cm³/mol. The van der Waals surface area contributed by atoms with E-state index in [1.807, 2.05) is 49.1 Å². The van der Waals surface area contributed by atoms with Gasteiger partial charge < -0.3 is 20.1 Å². The van der Waals surface area contributed by atoms with Crippen molar-refractivity contribution in [2.24, 2.45) is 5.92 Å². The van der Waals surface area contributed by atoms with E-state index in [4.69, 9.17) is 9.47 Å². The van der Waals surface area contributed by atoms with Gasteiger partial charge in [0.15, 0.2) is 5.78 Å². The lowest BCUT2D eigenvalue weighted by molar-refractivity contribution is -0.159. The van der Waals surface area contributed by atoms with Gasteiger partial charge in [0.25, 0.3) is 0 Å². The number of nitrogens with zero attached hydrogens (tertiary/aromatic N) is 1. The van der Waals surface area contributed by atoms with Crippen molar-refractivity contribution in [3.8, 4) is 5.75 Å². The zero-order chi connectivity index (χ0) is 31.6. The van der Waals surface area contributed by atoms with Gasteiger partial charge in [-0.15, -0.1) is 0 Å². The predicted octanol–water partition coefficient (Wildman–Crippen LogP) is 4.33. The molecule has 0 radical (unpaired) electrons. The largest absolute Gasteiger partial charge is 0.497 e. The highest BCUT2D eigenvalue weighted by Gasteiger charge is 2.35. The second-order valence-electron chi connectivity index (χ2n) is 12.6. The normalized spacial score (nSPS) is 17.0. The van der Waals surface area contributed by atoms with E-state index >= 15 is 0 Å². The Labute approximate surface area is 255 Å². The second-order valence-corrected chi connectivity index (χ2v) is 12.6. The van der Waals surface area contributed by atoms with E-state index in [1.54, 1.807) is 52.1 Å². The summed E-state index contributed by atoms with van der Waals surface area (Å²) in [4.78, 5) is 55.5. The first-order chi connectivity index (χ1) is 20.4. The van der Waals surface area contributed by atoms with Gasteiger partial charge in [-0.2, -0.15) is 0 Å². The molecule has 2 N–H and O–H groups in total. The van der Waals surface area contributed by atoms with Crippen LogP contribution in [-0.4, -0.2) is 72.4 Å². The number of carbonyl (C=O) groups excluding carboxylic acids is 4. The summed E-state index contributed by atoms with van der Waals surface area (Å²) in [6.07, 6.45) is 2.93. The quantitative estimate of drug-likeness (QED) is 0.263. The van der Waals surface area contributed by atoms with E-state index < -0.39 is 35.6 Å². The van der Waals surface area contributed by atoms with Gasteiger partial charge in [-0.3, -0.25) is 19.3 Å². The van der Waals surface area contributed by atoms with E-state index in [-0.39, 0.29) is 30.6 Å². The van der Waals surface area contributed by atoms with Crippen LogP contribution in [0.25, 0.3) is 0 Å². The Kier molecular flexibility index (Phi) is 12.3. The van der Waals surface area contributed by atoms with Crippen LogP contribution in [0.2, 0.25) is 0 Å². The maximum Gasteiger partial charge on any atom is 0.329 e. The summed E-state index contributed by atoms with van der Waals surface area (Å²) in [5, 5.41) is 5.83. The first kappa shape index (κ1) is 33.8. The Hall–Kier alpha value is -3.72. The highest BCUT2D eigenvalue weighted by molar-refractivity contribution is 5.98. The van der Waals surface area contributed by atoms with Gasteiger partial charge in [-0.1, -0.05) is 62.7 Å². The van der Waals surface area contributed by atoms with E-state index in [0.29, 0.717) is 30.7 Å². The van der Waals surface area contributed by atoms with Gasteiger partial charge in [0.05, 0.1) is 19.7 Å². The standard InChI is InChI=1S/C34H47N3O6/c1-23(2)19-28(33(41)43-34(3,4)5)36-31(39)27(20-24-13-8-7-9-14-24)35-32(40)29-17-10-11-18-37(29)22-30(38)25-15-12-16-26(21-25)42-6/h7-9,12-16,21,23,27-29H,10-11,17-20,22H2,1-6H3,(H,35,40)(H,36,39)/t27-,28?,29-/m0/s1. The molecule has 1 heterocycles. The number of amides is 2. The molecule has 0 saturated carbocycles. The highest BCUT2D eigenvalue weighted by atomic mass is 16.6. The molecule has 2 aromatic carbocycles. The molecular weight excluding hydrogens is 546 g/mol. The number of hydrogen-bond acceptors (Lipinski definition) is 7. The molecule has 0 spiro atoms. The number of rotatable bonds is 13. The molecule has 1 aliphatic rings. The van der Waals surface area contributed by atoms with Crippen LogP contribution in [0.3, 0.4) is 0 Å². The molecule has 2 aromatic rings. The molecule has 1 fully saturated rings. The van der Waals surface area contributed by atoms with Crippen LogP contribution < -0.4 is 15.4 Å². The summed E-state index contributed by atoms with van der Waals surface area (Å²) in [5.41, 5.74) is 0.680. The minimum atomic E-state index is -0.926. The first-order valence-corrected chi connectivity index (χ1v) is 15.1. The lowest BCUT2D eigenvalue weighted by Gasteiger charge is -2.35. The molecule has 9 nitrogen and oxygen atoms in total. The fourth-order valence-electron chi connectivity index (χ4n) is 5.21. The highest BCUT2D eigenvalue weighted by Crippen LogP contribution is 2.20. The number of Topliss-reactive ketones (excluding diaryl/α,β-unsaturated/α-hetero) is 1. The summed E-state index contributed by atoms with van der Waals surface area (Å²) in [6, 6.07) is 14.1. The van der Waals surface area contributed by atoms with Crippen molar-refractivity contribution in [1.29, 1.82) is 0 Å². The number of ketones is 1. The first-order valence-electron chi connectivity index (χ1n) is 15.1. The smallest absolute Gasteiger partial charge is 0.329 e. The molecule has 3 atom stereocenters. The summed E-state index contributed by atoms with van der Waals surface area (Å²) >= 11 is 0. The number of piperidine rings is 1. The number of hydrogen-bond donors (Lipinski definition) is 2. The topological polar surface area (TPSA) is 114 Å². The van der Waals surface area contributed by atoms with Crippen LogP contribution in [0.15, 0.2) is 54.6 Å². The molecule has 2 amide bonds. The van der Waals surface area contributed by atoms with Crippen molar-refractivity contribution in [1.82, 2.24) is 15.5 Å². The molecule has 1 unspecified atom stereocenters. The summed E-state index contributed by atoms with van der Waals surface area (Å²) in [5.74, 6) is -0.663. The van der Waals surface area contributed by atoms with Gasteiger partial charge in [0, 0.05) is 12.0 Å². The number of methoxy groups -OCH3 is 1. The molecule has 43 heavy (non-hydrogen) atoms. The average molecular weight is 594 g/mol. The van der Waals surface area contributed by atoms with Crippen LogP contribution in [0.5, 0.6) is 5.75 Å². The maximum absolute atomic E-state index is 13.8. The Morgan fingerprint density at radius 2 is 1.67 bits per heavy atom. The van der Waals surface area contributed by atoms with Crippen LogP contribution in [-0.2, 0) is 25.5 Å². The summed E-state index contributed by atoms with van der Waals surface area (Å²) in [7, 11) is 1.55. The van der Waals surface area contributed by atoms with Gasteiger partial charge in [0.1, 0.15) is 23.4 Å². The molecule has 234 valence electrons. The lowest BCUT2D eigenvalue weighted by Crippen LogP contribution is -2.58. The van der Waals surface area contributed by atoms with E-state index in [2.05, 4.69) is 10.6 Å². The van der Waals surface area contributed by atoms with Crippen molar-refractivity contribution < 1.29 is 28.7 Å². The van der Waals surface area contributed by atoms with Crippen molar-refractivity contribution in [3.63, 3.8) is 0 Å². The molecular formula is C34H47N3O6. The van der Waals surface area contributed by atoms with Gasteiger partial charge in [0.2, 0.25) is 11.8 Å². The van der Waals surface area contributed by atoms with E-state index in [9.17, 15) is 19.2 Å². The number of ether oxygens (including phenoxy) is 2. The number of likely N-dealkylation sites (tertiary alicyclic amines) is 1. The fourth-order valence-corrected chi connectivity index (χ4v) is 5.21. The molecule has 0 bridgehead atoms. The minimum Gasteiger partial charge on any atom is -0.497 e. The zero-order valence-electron chi connectivity index (χ0n) is 26.4. The Morgan fingerprint density at radius 3 is 2.33 bits per heavy atom. The third kappa shape index (κ3) is 10.8. The lowest BCUT2D eigenvalue weighted by atomic mass is 9.98. The van der Waals surface area contributed by atoms with Crippen LogP contribution in [0.4, 0.5) is 0 Å². The SMILES string of the molecule is COc1cccc(C(=O)CN2CCCC[C@H]2C(=O)N[C@@H](Cc2ccccc2)C(=O)NC(CC(C)C)C(=O)OC(C)(C)C)c1. The number of esters is 1. The molecule has 1 aliphatic heterocycles. The number of nitrogens with one attached hydrogen (secondary N) is 2. The average Bonchev–Trinajstić information content (AvgIpc) is 2.96. The maximum atomic E-state index is 13.8. The summed E-state index contributed by atoms with van der Waals surface area (Å²) < 4.78 is 10.8. The molecule has 0 aromatic heterocycles. The van der Waals surface area contributed by atoms with Gasteiger partial charge >= 0.3 is 5.97 Å². The van der Waals surface area contributed by atoms with Crippen LogP contribution in [0.1, 0.15) is 76.2 Å². The zero-order valence-corrected chi connectivity index (χ0v) is 26.4. The van der Waals surface area contributed by atoms with E-state index in [0.717, 1.165) is 18.4 Å². The number of carbonyl (C=O) groups is 4. The second kappa shape index (κ2) is 15.7. The summed E-state index contributed by atoms with van der Waals surface area (Å²) in [6.45, 7) is 9.97. The van der Waals surface area contributed by atoms with Crippen molar-refractivity contribution in [2.75, 3.05) is 20.2 Å². The van der Waals surface area contributed by atoms with Gasteiger partial charge in [-0.25, -0.2) is 4.79 Å². The van der Waals surface area contributed by atoms with E-state index in [1.165, 1.54) is 0 Å². The number of benzene rings is 2. The van der Waals surface area contributed by atoms with Crippen molar-refractivity contribution >= 4 is 23.6 Å². The van der Waals surface area contributed by atoms with Crippen molar-refractivity contribution in [2.45, 2.75) is 90.4 Å². The Morgan fingerprint density at radius 1 is 0.953 bits per heavy atom. The minimum absolute atomic E-state index is 0.0793.